The molecular weight excluding hydrogens is 286 g/mol. The van der Waals surface area contributed by atoms with Crippen molar-refractivity contribution >= 4 is 27.1 Å². The minimum atomic E-state index is -2.91. The molecule has 1 unspecified atom stereocenters. The highest BCUT2D eigenvalue weighted by atomic mass is 35.5. The van der Waals surface area contributed by atoms with Crippen LogP contribution in [0, 0.1) is 0 Å². The summed E-state index contributed by atoms with van der Waals surface area (Å²) in [4.78, 5) is 1.92. The van der Waals surface area contributed by atoms with Gasteiger partial charge in [0.2, 0.25) is 0 Å². The van der Waals surface area contributed by atoms with E-state index in [0.29, 0.717) is 11.4 Å². The Morgan fingerprint density at radius 1 is 1.47 bits per heavy atom. The first-order valence-corrected chi connectivity index (χ1v) is 8.41. The smallest absolute Gasteiger partial charge is 0.152 e. The number of sulfone groups is 1. The van der Waals surface area contributed by atoms with Crippen LogP contribution in [0.25, 0.3) is 0 Å². The number of aliphatic hydroxyl groups is 1. The number of anilines is 1. The monoisotopic (exact) mass is 303 g/mol. The Hall–Kier alpha value is -0.780. The second-order valence-corrected chi connectivity index (χ2v) is 7.69. The molecule has 4 nitrogen and oxygen atoms in total. The van der Waals surface area contributed by atoms with E-state index in [-0.39, 0.29) is 17.5 Å². The van der Waals surface area contributed by atoms with Crippen molar-refractivity contribution in [3.63, 3.8) is 0 Å². The number of rotatable bonds is 3. The zero-order chi connectivity index (χ0) is 14.2. The Bertz CT molecular complexity index is 571. The van der Waals surface area contributed by atoms with Crippen LogP contribution in [0.2, 0.25) is 5.02 Å². The van der Waals surface area contributed by atoms with Crippen LogP contribution < -0.4 is 4.90 Å². The van der Waals surface area contributed by atoms with Gasteiger partial charge in [0.1, 0.15) is 0 Å². The molecular formula is C13H18ClNO3S. The molecule has 0 aliphatic carbocycles. The lowest BCUT2D eigenvalue weighted by Gasteiger charge is -2.27. The maximum Gasteiger partial charge on any atom is 0.152 e. The molecule has 1 aromatic rings. The standard InChI is InChI=1S/C13H18ClNO3S/c1-9(16)10-3-4-13(12(14)7-10)15(2)11-5-6-19(17,18)8-11/h3-4,7,9,11,16H,5-6,8H2,1-2H3/t9-,11?/m0/s1. The van der Waals surface area contributed by atoms with E-state index in [1.54, 1.807) is 13.0 Å². The van der Waals surface area contributed by atoms with E-state index in [9.17, 15) is 13.5 Å². The van der Waals surface area contributed by atoms with Crippen LogP contribution in [0.1, 0.15) is 25.0 Å². The van der Waals surface area contributed by atoms with Gasteiger partial charge in [0.05, 0.1) is 28.3 Å². The fourth-order valence-corrected chi connectivity index (χ4v) is 4.44. The van der Waals surface area contributed by atoms with Crippen LogP contribution in [-0.2, 0) is 9.84 Å². The van der Waals surface area contributed by atoms with E-state index in [4.69, 9.17) is 11.6 Å². The molecule has 0 amide bonds. The first kappa shape index (κ1) is 14.6. The van der Waals surface area contributed by atoms with Crippen molar-refractivity contribution in [2.24, 2.45) is 0 Å². The van der Waals surface area contributed by atoms with Gasteiger partial charge in [-0.05, 0) is 31.0 Å². The summed E-state index contributed by atoms with van der Waals surface area (Å²) >= 11 is 6.22. The SMILES string of the molecule is C[C@H](O)c1ccc(N(C)C2CCS(=O)(=O)C2)c(Cl)c1. The van der Waals surface area contributed by atoms with E-state index in [0.717, 1.165) is 11.3 Å². The predicted octanol–water partition coefficient (Wildman–Crippen LogP) is 2.02. The van der Waals surface area contributed by atoms with Crippen molar-refractivity contribution in [2.75, 3.05) is 23.5 Å². The van der Waals surface area contributed by atoms with Gasteiger partial charge in [0.15, 0.2) is 9.84 Å². The third-order valence-electron chi connectivity index (χ3n) is 3.59. The average Bonchev–Trinajstić information content (AvgIpc) is 2.68. The molecule has 1 saturated heterocycles. The fraction of sp³-hybridized carbons (Fsp3) is 0.538. The van der Waals surface area contributed by atoms with Gasteiger partial charge in [-0.15, -0.1) is 0 Å². The summed E-state index contributed by atoms with van der Waals surface area (Å²) in [5.41, 5.74) is 1.55. The van der Waals surface area contributed by atoms with E-state index < -0.39 is 15.9 Å². The van der Waals surface area contributed by atoms with E-state index in [2.05, 4.69) is 0 Å². The molecule has 1 aliphatic heterocycles. The lowest BCUT2D eigenvalue weighted by atomic mass is 10.1. The van der Waals surface area contributed by atoms with Crippen molar-refractivity contribution in [3.8, 4) is 0 Å². The summed E-state index contributed by atoms with van der Waals surface area (Å²) in [6.45, 7) is 1.68. The number of aliphatic hydroxyl groups excluding tert-OH is 1. The summed E-state index contributed by atoms with van der Waals surface area (Å²) in [6, 6.07) is 5.34. The van der Waals surface area contributed by atoms with Crippen LogP contribution in [0.15, 0.2) is 18.2 Å². The molecule has 1 heterocycles. The quantitative estimate of drug-likeness (QED) is 0.928. The van der Waals surface area contributed by atoms with Gasteiger partial charge >= 0.3 is 0 Å². The minimum Gasteiger partial charge on any atom is -0.389 e. The highest BCUT2D eigenvalue weighted by Gasteiger charge is 2.31. The highest BCUT2D eigenvalue weighted by molar-refractivity contribution is 7.91. The van der Waals surface area contributed by atoms with Crippen LogP contribution in [0.3, 0.4) is 0 Å². The van der Waals surface area contributed by atoms with Crippen LogP contribution in [-0.4, -0.2) is 38.1 Å². The fourth-order valence-electron chi connectivity index (χ4n) is 2.35. The molecule has 106 valence electrons. The number of hydrogen-bond donors (Lipinski definition) is 1. The maximum absolute atomic E-state index is 11.5. The van der Waals surface area contributed by atoms with Gasteiger partial charge in [0, 0.05) is 13.1 Å². The van der Waals surface area contributed by atoms with Gasteiger partial charge in [-0.3, -0.25) is 0 Å². The van der Waals surface area contributed by atoms with Gasteiger partial charge in [-0.2, -0.15) is 0 Å². The second-order valence-electron chi connectivity index (χ2n) is 5.05. The lowest BCUT2D eigenvalue weighted by Crippen LogP contribution is -2.32. The van der Waals surface area contributed by atoms with Crippen LogP contribution >= 0.6 is 11.6 Å². The summed E-state index contributed by atoms with van der Waals surface area (Å²) in [6.07, 6.45) is 0.0663. The number of benzene rings is 1. The molecule has 0 saturated carbocycles. The van der Waals surface area contributed by atoms with Crippen molar-refractivity contribution in [1.82, 2.24) is 0 Å². The van der Waals surface area contributed by atoms with Crippen molar-refractivity contribution in [1.29, 1.82) is 0 Å². The Labute approximate surface area is 118 Å². The van der Waals surface area contributed by atoms with E-state index in [1.165, 1.54) is 0 Å². The Morgan fingerprint density at radius 2 is 2.16 bits per heavy atom. The van der Waals surface area contributed by atoms with Crippen molar-refractivity contribution in [3.05, 3.63) is 28.8 Å². The molecule has 1 aliphatic rings. The molecule has 0 aromatic heterocycles. The summed E-state index contributed by atoms with van der Waals surface area (Å²) in [5, 5.41) is 10.0. The third kappa shape index (κ3) is 3.22. The normalized spacial score (nSPS) is 23.3. The van der Waals surface area contributed by atoms with Crippen molar-refractivity contribution in [2.45, 2.75) is 25.5 Å². The Balaban J connectivity index is 2.23. The Morgan fingerprint density at radius 3 is 2.63 bits per heavy atom. The first-order valence-electron chi connectivity index (χ1n) is 6.21. The second kappa shape index (κ2) is 5.31. The molecule has 2 atom stereocenters. The summed E-state index contributed by atoms with van der Waals surface area (Å²) < 4.78 is 23.0. The zero-order valence-electron chi connectivity index (χ0n) is 11.0. The number of hydrogen-bond acceptors (Lipinski definition) is 4. The van der Waals surface area contributed by atoms with Crippen LogP contribution in [0.5, 0.6) is 0 Å². The molecule has 0 bridgehead atoms. The van der Waals surface area contributed by atoms with E-state index >= 15 is 0 Å². The molecule has 0 radical (unpaired) electrons. The summed E-state index contributed by atoms with van der Waals surface area (Å²) in [5.74, 6) is 0.420. The minimum absolute atomic E-state index is 0.0279. The van der Waals surface area contributed by atoms with Gasteiger partial charge < -0.3 is 10.0 Å². The van der Waals surface area contributed by atoms with Gasteiger partial charge in [0.25, 0.3) is 0 Å². The van der Waals surface area contributed by atoms with Gasteiger partial charge in [-0.25, -0.2) is 8.42 Å². The lowest BCUT2D eigenvalue weighted by molar-refractivity contribution is 0.199. The molecule has 19 heavy (non-hydrogen) atoms. The summed E-state index contributed by atoms with van der Waals surface area (Å²) in [7, 11) is -1.05. The molecule has 0 spiro atoms. The largest absolute Gasteiger partial charge is 0.389 e. The molecule has 1 N–H and O–H groups in total. The van der Waals surface area contributed by atoms with Gasteiger partial charge in [-0.1, -0.05) is 17.7 Å². The van der Waals surface area contributed by atoms with Crippen LogP contribution in [0.4, 0.5) is 5.69 Å². The Kier molecular flexibility index (Phi) is 4.08. The van der Waals surface area contributed by atoms with E-state index in [1.807, 2.05) is 24.1 Å². The highest BCUT2D eigenvalue weighted by Crippen LogP contribution is 2.31. The third-order valence-corrected chi connectivity index (χ3v) is 5.64. The maximum atomic E-state index is 11.5. The average molecular weight is 304 g/mol. The molecule has 2 rings (SSSR count). The molecule has 6 heteroatoms. The van der Waals surface area contributed by atoms with Crippen molar-refractivity contribution < 1.29 is 13.5 Å². The first-order chi connectivity index (χ1) is 8.80. The molecule has 1 aromatic carbocycles. The number of nitrogens with zero attached hydrogens (tertiary/aromatic N) is 1. The molecule has 1 fully saturated rings. The number of halogens is 1. The topological polar surface area (TPSA) is 57.6 Å². The predicted molar refractivity (Wildman–Crippen MR) is 77.5 cm³/mol. The zero-order valence-corrected chi connectivity index (χ0v) is 12.6.